The van der Waals surface area contributed by atoms with Gasteiger partial charge in [0, 0.05) is 25.4 Å². The number of hydrogen-bond donors (Lipinski definition) is 1. The predicted molar refractivity (Wildman–Crippen MR) is 59.7 cm³/mol. The molecule has 1 rings (SSSR count). The minimum atomic E-state index is -3.27. The Morgan fingerprint density at radius 1 is 1.62 bits per heavy atom. The Hall–Kier alpha value is -0.660. The van der Waals surface area contributed by atoms with E-state index >= 15 is 0 Å². The van der Waals surface area contributed by atoms with Crippen LogP contribution in [0.4, 0.5) is 0 Å². The van der Waals surface area contributed by atoms with Crippen LogP contribution >= 0.6 is 0 Å². The second-order valence-electron chi connectivity index (χ2n) is 4.18. The van der Waals surface area contributed by atoms with Crippen LogP contribution < -0.4 is 5.73 Å². The van der Waals surface area contributed by atoms with Gasteiger partial charge in [0.15, 0.2) is 9.84 Å². The van der Waals surface area contributed by atoms with Gasteiger partial charge >= 0.3 is 0 Å². The maximum atomic E-state index is 11.6. The van der Waals surface area contributed by atoms with Crippen molar-refractivity contribution in [1.82, 2.24) is 4.90 Å². The van der Waals surface area contributed by atoms with E-state index in [1.807, 2.05) is 0 Å². The van der Waals surface area contributed by atoms with Gasteiger partial charge in [0.05, 0.1) is 12.7 Å². The number of ether oxygens (including phenoxy) is 1. The molecular formula is C9H18N2O4S. The average molecular weight is 250 g/mol. The number of morpholine rings is 1. The van der Waals surface area contributed by atoms with Crippen LogP contribution in [0.5, 0.6) is 0 Å². The SMILES string of the molecule is CC(N)C1CN(C(=O)CS(C)(=O)=O)CCO1. The second-order valence-corrected chi connectivity index (χ2v) is 6.32. The third-order valence-electron chi connectivity index (χ3n) is 2.42. The van der Waals surface area contributed by atoms with Crippen LogP contribution in [0.15, 0.2) is 0 Å². The Labute approximate surface area is 95.7 Å². The third kappa shape index (κ3) is 4.07. The van der Waals surface area contributed by atoms with Crippen LogP contribution in [0, 0.1) is 0 Å². The van der Waals surface area contributed by atoms with Gasteiger partial charge < -0.3 is 15.4 Å². The lowest BCUT2D eigenvalue weighted by molar-refractivity contribution is -0.136. The number of hydrogen-bond acceptors (Lipinski definition) is 5. The molecule has 0 spiro atoms. The summed E-state index contributed by atoms with van der Waals surface area (Å²) in [4.78, 5) is 13.1. The summed E-state index contributed by atoms with van der Waals surface area (Å²) in [6.07, 6.45) is 0.839. The molecule has 7 heteroatoms. The highest BCUT2D eigenvalue weighted by molar-refractivity contribution is 7.91. The Kier molecular flexibility index (Phi) is 4.28. The minimum absolute atomic E-state index is 0.172. The molecule has 0 radical (unpaired) electrons. The first-order valence-corrected chi connectivity index (χ1v) is 7.18. The van der Waals surface area contributed by atoms with Crippen LogP contribution in [0.1, 0.15) is 6.92 Å². The summed E-state index contributed by atoms with van der Waals surface area (Å²) >= 11 is 0. The number of carbonyl (C=O) groups excluding carboxylic acids is 1. The van der Waals surface area contributed by atoms with Gasteiger partial charge in [0.25, 0.3) is 0 Å². The fourth-order valence-electron chi connectivity index (χ4n) is 1.54. The zero-order valence-electron chi connectivity index (χ0n) is 9.55. The Bertz CT molecular complexity index is 353. The lowest BCUT2D eigenvalue weighted by Crippen LogP contribution is -2.52. The first-order valence-electron chi connectivity index (χ1n) is 5.12. The summed E-state index contributed by atoms with van der Waals surface area (Å²) in [6.45, 7) is 3.00. The fourth-order valence-corrected chi connectivity index (χ4v) is 2.17. The Morgan fingerprint density at radius 2 is 2.25 bits per heavy atom. The van der Waals surface area contributed by atoms with Gasteiger partial charge in [0.1, 0.15) is 5.75 Å². The number of rotatable bonds is 3. The molecule has 1 aliphatic rings. The summed E-state index contributed by atoms with van der Waals surface area (Å²) < 4.78 is 27.4. The summed E-state index contributed by atoms with van der Waals surface area (Å²) in [6, 6.07) is -0.172. The molecule has 1 fully saturated rings. The lowest BCUT2D eigenvalue weighted by atomic mass is 10.1. The molecule has 2 N–H and O–H groups in total. The molecular weight excluding hydrogens is 232 g/mol. The van der Waals surface area contributed by atoms with E-state index in [1.165, 1.54) is 4.90 Å². The molecule has 1 aliphatic heterocycles. The van der Waals surface area contributed by atoms with E-state index in [0.29, 0.717) is 19.7 Å². The monoisotopic (exact) mass is 250 g/mol. The molecule has 16 heavy (non-hydrogen) atoms. The zero-order valence-corrected chi connectivity index (χ0v) is 10.4. The molecule has 0 aromatic rings. The molecule has 2 atom stereocenters. The smallest absolute Gasteiger partial charge is 0.237 e. The van der Waals surface area contributed by atoms with E-state index in [-0.39, 0.29) is 18.1 Å². The number of sulfone groups is 1. The van der Waals surface area contributed by atoms with Crippen molar-refractivity contribution in [2.24, 2.45) is 5.73 Å². The van der Waals surface area contributed by atoms with Gasteiger partial charge in [-0.3, -0.25) is 4.79 Å². The first kappa shape index (κ1) is 13.4. The average Bonchev–Trinajstić information content (AvgIpc) is 2.15. The van der Waals surface area contributed by atoms with Gasteiger partial charge in [-0.1, -0.05) is 0 Å². The molecule has 0 bridgehead atoms. The van der Waals surface area contributed by atoms with Crippen LogP contribution in [-0.4, -0.2) is 63.1 Å². The topological polar surface area (TPSA) is 89.7 Å². The van der Waals surface area contributed by atoms with Crippen molar-refractivity contribution >= 4 is 15.7 Å². The third-order valence-corrected chi connectivity index (χ3v) is 3.19. The van der Waals surface area contributed by atoms with Crippen LogP contribution in [-0.2, 0) is 19.4 Å². The van der Waals surface area contributed by atoms with Gasteiger partial charge in [-0.25, -0.2) is 8.42 Å². The van der Waals surface area contributed by atoms with Crippen LogP contribution in [0.25, 0.3) is 0 Å². The molecule has 1 heterocycles. The standard InChI is InChI=1S/C9H18N2O4S/c1-7(10)8-5-11(3-4-15-8)9(12)6-16(2,13)14/h7-8H,3-6,10H2,1-2H3. The Balaban J connectivity index is 2.57. The minimum Gasteiger partial charge on any atom is -0.373 e. The molecule has 1 amide bonds. The van der Waals surface area contributed by atoms with Gasteiger partial charge in [-0.05, 0) is 6.92 Å². The van der Waals surface area contributed by atoms with Gasteiger partial charge in [-0.15, -0.1) is 0 Å². The summed E-state index contributed by atoms with van der Waals surface area (Å²) in [5, 5.41) is 0. The molecule has 1 saturated heterocycles. The number of amides is 1. The van der Waals surface area contributed by atoms with Crippen molar-refractivity contribution in [3.8, 4) is 0 Å². The van der Waals surface area contributed by atoms with E-state index in [9.17, 15) is 13.2 Å². The molecule has 94 valence electrons. The maximum Gasteiger partial charge on any atom is 0.237 e. The lowest BCUT2D eigenvalue weighted by Gasteiger charge is -2.34. The number of nitrogens with two attached hydrogens (primary N) is 1. The van der Waals surface area contributed by atoms with Crippen LogP contribution in [0.2, 0.25) is 0 Å². The second kappa shape index (κ2) is 5.11. The Morgan fingerprint density at radius 3 is 2.75 bits per heavy atom. The van der Waals surface area contributed by atoms with Crippen molar-refractivity contribution < 1.29 is 17.9 Å². The molecule has 0 aromatic carbocycles. The summed E-state index contributed by atoms with van der Waals surface area (Å²) in [5.41, 5.74) is 5.68. The van der Waals surface area contributed by atoms with E-state index in [1.54, 1.807) is 6.92 Å². The quantitative estimate of drug-likeness (QED) is 0.666. The van der Waals surface area contributed by atoms with Gasteiger partial charge in [-0.2, -0.15) is 0 Å². The van der Waals surface area contributed by atoms with E-state index in [4.69, 9.17) is 10.5 Å². The van der Waals surface area contributed by atoms with E-state index in [0.717, 1.165) is 6.26 Å². The van der Waals surface area contributed by atoms with Crippen molar-refractivity contribution in [3.05, 3.63) is 0 Å². The zero-order chi connectivity index (χ0) is 12.3. The fraction of sp³-hybridized carbons (Fsp3) is 0.889. The van der Waals surface area contributed by atoms with Crippen molar-refractivity contribution in [3.63, 3.8) is 0 Å². The molecule has 0 aromatic heterocycles. The maximum absolute atomic E-state index is 11.6. The number of carbonyl (C=O) groups is 1. The summed E-state index contributed by atoms with van der Waals surface area (Å²) in [5.74, 6) is -0.824. The predicted octanol–water partition coefficient (Wildman–Crippen LogP) is -1.39. The first-order chi connectivity index (χ1) is 7.29. The molecule has 0 aliphatic carbocycles. The van der Waals surface area contributed by atoms with E-state index in [2.05, 4.69) is 0 Å². The highest BCUT2D eigenvalue weighted by Crippen LogP contribution is 2.08. The highest BCUT2D eigenvalue weighted by atomic mass is 32.2. The van der Waals surface area contributed by atoms with E-state index < -0.39 is 15.6 Å². The largest absolute Gasteiger partial charge is 0.373 e. The van der Waals surface area contributed by atoms with Gasteiger partial charge in [0.2, 0.25) is 5.91 Å². The van der Waals surface area contributed by atoms with Crippen LogP contribution in [0.3, 0.4) is 0 Å². The highest BCUT2D eigenvalue weighted by Gasteiger charge is 2.27. The number of nitrogens with zero attached hydrogens (tertiary/aromatic N) is 1. The molecule has 2 unspecified atom stereocenters. The molecule has 6 nitrogen and oxygen atoms in total. The van der Waals surface area contributed by atoms with Crippen molar-refractivity contribution in [2.45, 2.75) is 19.1 Å². The van der Waals surface area contributed by atoms with Crippen molar-refractivity contribution in [2.75, 3.05) is 31.7 Å². The molecule has 0 saturated carbocycles. The summed E-state index contributed by atoms with van der Waals surface area (Å²) in [7, 11) is -3.27. The normalized spacial score (nSPS) is 24.2. The van der Waals surface area contributed by atoms with Crippen molar-refractivity contribution in [1.29, 1.82) is 0 Å².